The first-order valence-electron chi connectivity index (χ1n) is 3.98. The number of hydrogen-bond donors (Lipinski definition) is 1. The van der Waals surface area contributed by atoms with Crippen LogP contribution in [0, 0.1) is 11.3 Å². The zero-order valence-electron chi connectivity index (χ0n) is 6.71. The van der Waals surface area contributed by atoms with Crippen molar-refractivity contribution in [3.05, 3.63) is 21.9 Å². The third-order valence-corrected chi connectivity index (χ3v) is 3.14. The van der Waals surface area contributed by atoms with Crippen LogP contribution in [0.15, 0.2) is 11.4 Å². The van der Waals surface area contributed by atoms with Crippen LogP contribution in [0.3, 0.4) is 0 Å². The van der Waals surface area contributed by atoms with E-state index in [1.807, 2.05) is 11.4 Å². The first kappa shape index (κ1) is 7.78. The number of thiophene rings is 1. The summed E-state index contributed by atoms with van der Waals surface area (Å²) in [5.74, 6) is 0. The summed E-state index contributed by atoms with van der Waals surface area (Å²) in [4.78, 5) is 1.24. The van der Waals surface area contributed by atoms with Gasteiger partial charge in [0.2, 0.25) is 0 Å². The van der Waals surface area contributed by atoms with Crippen LogP contribution in [-0.4, -0.2) is 5.54 Å². The Morgan fingerprint density at radius 3 is 2.92 bits per heavy atom. The number of nitriles is 1. The van der Waals surface area contributed by atoms with Crippen molar-refractivity contribution in [1.82, 2.24) is 0 Å². The molecule has 1 heterocycles. The lowest BCUT2D eigenvalue weighted by Crippen LogP contribution is -2.23. The highest BCUT2D eigenvalue weighted by Gasteiger charge is 2.38. The van der Waals surface area contributed by atoms with Crippen molar-refractivity contribution >= 4 is 11.3 Å². The van der Waals surface area contributed by atoms with Crippen LogP contribution in [-0.2, 0) is 6.42 Å². The van der Waals surface area contributed by atoms with E-state index in [-0.39, 0.29) is 5.54 Å². The molecule has 1 aliphatic rings. The fraction of sp³-hybridized carbons (Fsp3) is 0.444. The summed E-state index contributed by atoms with van der Waals surface area (Å²) in [6.45, 7) is 0. The Kier molecular flexibility index (Phi) is 1.67. The molecule has 2 nitrogen and oxygen atoms in total. The lowest BCUT2D eigenvalue weighted by molar-refractivity contribution is 0.679. The number of nitrogens with zero attached hydrogens (tertiary/aromatic N) is 1. The van der Waals surface area contributed by atoms with Crippen molar-refractivity contribution in [2.75, 3.05) is 0 Å². The van der Waals surface area contributed by atoms with E-state index < -0.39 is 0 Å². The van der Waals surface area contributed by atoms with E-state index in [0.717, 1.165) is 24.8 Å². The molecule has 0 radical (unpaired) electrons. The lowest BCUT2D eigenvalue weighted by atomic mass is 10.1. The van der Waals surface area contributed by atoms with E-state index in [1.54, 1.807) is 11.3 Å². The molecule has 2 N–H and O–H groups in total. The molecular weight excluding hydrogens is 168 g/mol. The second-order valence-electron chi connectivity index (χ2n) is 3.45. The van der Waals surface area contributed by atoms with Crippen LogP contribution in [0.5, 0.6) is 0 Å². The molecule has 1 aromatic heterocycles. The van der Waals surface area contributed by atoms with Crippen molar-refractivity contribution in [3.8, 4) is 6.07 Å². The Morgan fingerprint density at radius 1 is 1.67 bits per heavy atom. The topological polar surface area (TPSA) is 49.8 Å². The van der Waals surface area contributed by atoms with Crippen molar-refractivity contribution in [3.63, 3.8) is 0 Å². The van der Waals surface area contributed by atoms with Crippen LogP contribution in [0.4, 0.5) is 0 Å². The summed E-state index contributed by atoms with van der Waals surface area (Å²) in [6.07, 6.45) is 3.21. The minimum Gasteiger partial charge on any atom is -0.325 e. The minimum atomic E-state index is 0.0670. The van der Waals surface area contributed by atoms with Crippen LogP contribution in [0.2, 0.25) is 0 Å². The van der Waals surface area contributed by atoms with Gasteiger partial charge in [0.15, 0.2) is 0 Å². The molecule has 0 aliphatic heterocycles. The fourth-order valence-corrected chi connectivity index (χ4v) is 2.18. The summed E-state index contributed by atoms with van der Waals surface area (Å²) in [5, 5.41) is 10.5. The summed E-state index contributed by atoms with van der Waals surface area (Å²) in [7, 11) is 0. The smallest absolute Gasteiger partial charge is 0.100 e. The SMILES string of the molecule is N#Cc1csc(CC2(N)CC2)c1. The zero-order valence-corrected chi connectivity index (χ0v) is 7.53. The quantitative estimate of drug-likeness (QED) is 0.748. The van der Waals surface area contributed by atoms with Gasteiger partial charge in [0.05, 0.1) is 5.56 Å². The lowest BCUT2D eigenvalue weighted by Gasteiger charge is -2.04. The van der Waals surface area contributed by atoms with Gasteiger partial charge in [0.25, 0.3) is 0 Å². The van der Waals surface area contributed by atoms with Gasteiger partial charge in [0, 0.05) is 15.8 Å². The molecule has 0 saturated heterocycles. The molecule has 1 saturated carbocycles. The van der Waals surface area contributed by atoms with Gasteiger partial charge in [-0.2, -0.15) is 5.26 Å². The molecular formula is C9H10N2S. The highest BCUT2D eigenvalue weighted by atomic mass is 32.1. The standard InChI is InChI=1S/C9H10N2S/c10-5-7-3-8(12-6-7)4-9(11)1-2-9/h3,6H,1-2,4,11H2. The van der Waals surface area contributed by atoms with E-state index in [1.165, 1.54) is 4.88 Å². The van der Waals surface area contributed by atoms with Gasteiger partial charge < -0.3 is 5.73 Å². The normalized spacial score (nSPS) is 18.7. The van der Waals surface area contributed by atoms with Gasteiger partial charge in [0.1, 0.15) is 6.07 Å². The maximum atomic E-state index is 8.59. The third kappa shape index (κ3) is 1.50. The van der Waals surface area contributed by atoms with E-state index in [0.29, 0.717) is 0 Å². The van der Waals surface area contributed by atoms with Crippen molar-refractivity contribution in [1.29, 1.82) is 5.26 Å². The van der Waals surface area contributed by atoms with Crippen molar-refractivity contribution < 1.29 is 0 Å². The largest absolute Gasteiger partial charge is 0.325 e. The van der Waals surface area contributed by atoms with Gasteiger partial charge in [-0.05, 0) is 25.3 Å². The number of rotatable bonds is 2. The van der Waals surface area contributed by atoms with Gasteiger partial charge in [-0.25, -0.2) is 0 Å². The molecule has 1 aliphatic carbocycles. The average molecular weight is 178 g/mol. The molecule has 0 atom stereocenters. The van der Waals surface area contributed by atoms with Crippen LogP contribution in [0.25, 0.3) is 0 Å². The maximum Gasteiger partial charge on any atom is 0.100 e. The second-order valence-corrected chi connectivity index (χ2v) is 4.45. The minimum absolute atomic E-state index is 0.0670. The third-order valence-electron chi connectivity index (χ3n) is 2.20. The van der Waals surface area contributed by atoms with Gasteiger partial charge in [-0.15, -0.1) is 11.3 Å². The van der Waals surface area contributed by atoms with E-state index in [2.05, 4.69) is 6.07 Å². The van der Waals surface area contributed by atoms with Gasteiger partial charge in [-0.3, -0.25) is 0 Å². The molecule has 0 unspecified atom stereocenters. The molecule has 1 aromatic rings. The predicted molar refractivity (Wildman–Crippen MR) is 48.9 cm³/mol. The molecule has 0 amide bonds. The maximum absolute atomic E-state index is 8.59. The number of hydrogen-bond acceptors (Lipinski definition) is 3. The molecule has 0 bridgehead atoms. The molecule has 0 aromatic carbocycles. The Labute approximate surface area is 75.6 Å². The van der Waals surface area contributed by atoms with Crippen LogP contribution >= 0.6 is 11.3 Å². The zero-order chi connectivity index (χ0) is 8.60. The average Bonchev–Trinajstić information content (AvgIpc) is 2.63. The van der Waals surface area contributed by atoms with E-state index >= 15 is 0 Å². The van der Waals surface area contributed by atoms with Crippen LogP contribution < -0.4 is 5.73 Å². The van der Waals surface area contributed by atoms with Gasteiger partial charge >= 0.3 is 0 Å². The van der Waals surface area contributed by atoms with Crippen molar-refractivity contribution in [2.45, 2.75) is 24.8 Å². The van der Waals surface area contributed by atoms with Gasteiger partial charge in [-0.1, -0.05) is 0 Å². The highest BCUT2D eigenvalue weighted by molar-refractivity contribution is 7.10. The molecule has 2 rings (SSSR count). The second kappa shape index (κ2) is 2.58. The summed E-state index contributed by atoms with van der Waals surface area (Å²) in [5.41, 5.74) is 6.78. The highest BCUT2D eigenvalue weighted by Crippen LogP contribution is 2.36. The fourth-order valence-electron chi connectivity index (χ4n) is 1.22. The monoisotopic (exact) mass is 178 g/mol. The van der Waals surface area contributed by atoms with E-state index in [9.17, 15) is 0 Å². The summed E-state index contributed by atoms with van der Waals surface area (Å²) < 4.78 is 0. The Morgan fingerprint density at radius 2 is 2.42 bits per heavy atom. The summed E-state index contributed by atoms with van der Waals surface area (Å²) in [6, 6.07) is 4.07. The molecule has 0 spiro atoms. The summed E-state index contributed by atoms with van der Waals surface area (Å²) >= 11 is 1.64. The Bertz CT molecular complexity index is 331. The van der Waals surface area contributed by atoms with E-state index in [4.69, 9.17) is 11.0 Å². The van der Waals surface area contributed by atoms with Crippen LogP contribution in [0.1, 0.15) is 23.3 Å². The Hall–Kier alpha value is -0.850. The molecule has 3 heteroatoms. The molecule has 62 valence electrons. The van der Waals surface area contributed by atoms with Crippen molar-refractivity contribution in [2.24, 2.45) is 5.73 Å². The Balaban J connectivity index is 2.09. The molecule has 1 fully saturated rings. The first-order valence-corrected chi connectivity index (χ1v) is 4.86. The number of nitrogens with two attached hydrogens (primary N) is 1. The molecule has 12 heavy (non-hydrogen) atoms. The predicted octanol–water partition coefficient (Wildman–Crippen LogP) is 1.65. The first-order chi connectivity index (χ1) is 5.72.